The number of rotatable bonds is 5. The number of carboxylic acids is 1. The van der Waals surface area contributed by atoms with E-state index in [9.17, 15) is 13.6 Å². The van der Waals surface area contributed by atoms with Crippen molar-refractivity contribution in [2.45, 2.75) is 19.1 Å². The zero-order valence-corrected chi connectivity index (χ0v) is 9.41. The number of benzene rings is 1. The second kappa shape index (κ2) is 5.09. The van der Waals surface area contributed by atoms with Crippen LogP contribution in [0.3, 0.4) is 0 Å². The maximum Gasteiger partial charge on any atom is 0.387 e. The molecule has 1 rings (SSSR count). The third-order valence-electron chi connectivity index (χ3n) is 2.56. The molecule has 0 radical (unpaired) electrons. The summed E-state index contributed by atoms with van der Waals surface area (Å²) in [5.41, 5.74) is -1.01. The molecule has 0 aliphatic rings. The van der Waals surface area contributed by atoms with Gasteiger partial charge in [-0.3, -0.25) is 0 Å². The predicted octanol–water partition coefficient (Wildman–Crippen LogP) is 1.81. The minimum atomic E-state index is -2.93. The third kappa shape index (κ3) is 2.91. The Labute approximate surface area is 97.2 Å². The van der Waals surface area contributed by atoms with Crippen molar-refractivity contribution in [2.75, 3.05) is 7.05 Å². The average Bonchev–Trinajstić information content (AvgIpc) is 2.27. The highest BCUT2D eigenvalue weighted by molar-refractivity contribution is 5.80. The van der Waals surface area contributed by atoms with Crippen molar-refractivity contribution in [1.82, 2.24) is 5.32 Å². The van der Waals surface area contributed by atoms with E-state index >= 15 is 0 Å². The van der Waals surface area contributed by atoms with E-state index < -0.39 is 18.1 Å². The number of likely N-dealkylation sites (N-methyl/N-ethyl adjacent to an activating group) is 1. The number of hydrogen-bond donors (Lipinski definition) is 2. The summed E-state index contributed by atoms with van der Waals surface area (Å²) in [6.45, 7) is -1.49. The van der Waals surface area contributed by atoms with Crippen LogP contribution >= 0.6 is 0 Å². The lowest BCUT2D eigenvalue weighted by Crippen LogP contribution is -2.44. The summed E-state index contributed by atoms with van der Waals surface area (Å²) in [6.07, 6.45) is 0. The summed E-state index contributed by atoms with van der Waals surface area (Å²) in [5.74, 6) is -1.17. The number of carboxylic acid groups (broad SMARTS) is 1. The van der Waals surface area contributed by atoms with Crippen molar-refractivity contribution in [3.05, 3.63) is 29.8 Å². The smallest absolute Gasteiger partial charge is 0.387 e. The van der Waals surface area contributed by atoms with Crippen molar-refractivity contribution in [3.63, 3.8) is 0 Å². The van der Waals surface area contributed by atoms with E-state index in [0.717, 1.165) is 0 Å². The monoisotopic (exact) mass is 245 g/mol. The lowest BCUT2D eigenvalue weighted by Gasteiger charge is -2.25. The van der Waals surface area contributed by atoms with Crippen molar-refractivity contribution >= 4 is 5.97 Å². The van der Waals surface area contributed by atoms with Gasteiger partial charge in [-0.05, 0) is 31.7 Å². The van der Waals surface area contributed by atoms with E-state index in [-0.39, 0.29) is 5.75 Å². The predicted molar refractivity (Wildman–Crippen MR) is 57.1 cm³/mol. The largest absolute Gasteiger partial charge is 0.480 e. The van der Waals surface area contributed by atoms with Crippen LogP contribution in [0.5, 0.6) is 5.75 Å². The van der Waals surface area contributed by atoms with Crippen LogP contribution in [-0.2, 0) is 10.3 Å². The van der Waals surface area contributed by atoms with Crippen molar-refractivity contribution in [2.24, 2.45) is 0 Å². The first-order chi connectivity index (χ1) is 7.90. The molecule has 0 fully saturated rings. The molecule has 1 unspecified atom stereocenters. The van der Waals surface area contributed by atoms with Crippen LogP contribution in [0.25, 0.3) is 0 Å². The van der Waals surface area contributed by atoms with Gasteiger partial charge in [0.2, 0.25) is 0 Å². The molecule has 1 aromatic rings. The Hall–Kier alpha value is -1.69. The van der Waals surface area contributed by atoms with Crippen LogP contribution in [0.15, 0.2) is 24.3 Å². The molecule has 0 aliphatic heterocycles. The highest BCUT2D eigenvalue weighted by atomic mass is 19.3. The summed E-state index contributed by atoms with van der Waals surface area (Å²) in [5, 5.41) is 11.7. The second-order valence-corrected chi connectivity index (χ2v) is 3.59. The van der Waals surface area contributed by atoms with E-state index in [4.69, 9.17) is 5.11 Å². The highest BCUT2D eigenvalue weighted by Crippen LogP contribution is 2.25. The number of alkyl halides is 2. The summed E-state index contributed by atoms with van der Waals surface area (Å²) in [6, 6.07) is 5.61. The Morgan fingerprint density at radius 3 is 2.65 bits per heavy atom. The SMILES string of the molecule is CNC(C)(C(=O)O)c1cccc(OC(F)F)c1. The quantitative estimate of drug-likeness (QED) is 0.830. The van der Waals surface area contributed by atoms with Gasteiger partial charge >= 0.3 is 12.6 Å². The minimum absolute atomic E-state index is 0.0692. The van der Waals surface area contributed by atoms with Crippen molar-refractivity contribution < 1.29 is 23.4 Å². The van der Waals surface area contributed by atoms with Crippen molar-refractivity contribution in [1.29, 1.82) is 0 Å². The number of ether oxygens (including phenoxy) is 1. The van der Waals surface area contributed by atoms with Gasteiger partial charge in [-0.15, -0.1) is 0 Å². The van der Waals surface area contributed by atoms with E-state index in [2.05, 4.69) is 10.1 Å². The fourth-order valence-electron chi connectivity index (χ4n) is 1.36. The third-order valence-corrected chi connectivity index (χ3v) is 2.56. The minimum Gasteiger partial charge on any atom is -0.480 e. The molecule has 0 saturated carbocycles. The molecule has 1 aromatic carbocycles. The summed E-state index contributed by atoms with van der Waals surface area (Å²) in [7, 11) is 1.48. The van der Waals surface area contributed by atoms with Crippen LogP contribution in [-0.4, -0.2) is 24.7 Å². The molecule has 17 heavy (non-hydrogen) atoms. The maximum atomic E-state index is 12.0. The van der Waals surface area contributed by atoms with Gasteiger partial charge in [0.1, 0.15) is 11.3 Å². The standard InChI is InChI=1S/C11H13F2NO3/c1-11(14-2,9(15)16)7-4-3-5-8(6-7)17-10(12)13/h3-6,10,14H,1-2H3,(H,15,16). The zero-order chi connectivity index (χ0) is 13.1. The first kappa shape index (κ1) is 13.4. The number of aliphatic carboxylic acids is 1. The molecular weight excluding hydrogens is 232 g/mol. The number of carbonyl (C=O) groups is 1. The van der Waals surface area contributed by atoms with Gasteiger partial charge in [-0.2, -0.15) is 8.78 Å². The molecule has 6 heteroatoms. The molecule has 0 spiro atoms. The van der Waals surface area contributed by atoms with Gasteiger partial charge in [-0.1, -0.05) is 12.1 Å². The van der Waals surface area contributed by atoms with Gasteiger partial charge < -0.3 is 15.2 Å². The van der Waals surface area contributed by atoms with Crippen LogP contribution in [0.1, 0.15) is 12.5 Å². The topological polar surface area (TPSA) is 58.6 Å². The van der Waals surface area contributed by atoms with E-state index in [1.54, 1.807) is 0 Å². The molecule has 0 bridgehead atoms. The first-order valence-corrected chi connectivity index (χ1v) is 4.88. The van der Waals surface area contributed by atoms with Crippen molar-refractivity contribution in [3.8, 4) is 5.75 Å². The van der Waals surface area contributed by atoms with Gasteiger partial charge in [0.25, 0.3) is 0 Å². The molecule has 0 aliphatic carbocycles. The molecule has 1 atom stereocenters. The summed E-state index contributed by atoms with van der Waals surface area (Å²) in [4.78, 5) is 11.1. The van der Waals surface area contributed by atoms with Crippen LogP contribution in [0, 0.1) is 0 Å². The normalized spacial score (nSPS) is 14.4. The van der Waals surface area contributed by atoms with Gasteiger partial charge in [0.15, 0.2) is 0 Å². The Balaban J connectivity index is 3.09. The van der Waals surface area contributed by atoms with Gasteiger partial charge in [0, 0.05) is 0 Å². The van der Waals surface area contributed by atoms with E-state index in [1.807, 2.05) is 0 Å². The molecule has 4 nitrogen and oxygen atoms in total. The number of hydrogen-bond acceptors (Lipinski definition) is 3. The van der Waals surface area contributed by atoms with E-state index in [0.29, 0.717) is 5.56 Å². The molecule has 0 saturated heterocycles. The molecule has 0 aromatic heterocycles. The van der Waals surface area contributed by atoms with Crippen LogP contribution in [0.4, 0.5) is 8.78 Å². The molecule has 94 valence electrons. The van der Waals surface area contributed by atoms with Crippen LogP contribution < -0.4 is 10.1 Å². The molecule has 2 N–H and O–H groups in total. The first-order valence-electron chi connectivity index (χ1n) is 4.88. The fraction of sp³-hybridized carbons (Fsp3) is 0.364. The maximum absolute atomic E-state index is 12.0. The molecule has 0 amide bonds. The molecule has 0 heterocycles. The Morgan fingerprint density at radius 1 is 1.53 bits per heavy atom. The summed E-state index contributed by atoms with van der Waals surface area (Å²) < 4.78 is 28.3. The zero-order valence-electron chi connectivity index (χ0n) is 9.41. The lowest BCUT2D eigenvalue weighted by molar-refractivity contribution is -0.144. The molecular formula is C11H13F2NO3. The number of nitrogens with one attached hydrogen (secondary N) is 1. The Bertz CT molecular complexity index is 411. The lowest BCUT2D eigenvalue weighted by atomic mass is 9.92. The number of halogens is 2. The highest BCUT2D eigenvalue weighted by Gasteiger charge is 2.33. The van der Waals surface area contributed by atoms with Crippen LogP contribution in [0.2, 0.25) is 0 Å². The Kier molecular flexibility index (Phi) is 4.01. The second-order valence-electron chi connectivity index (χ2n) is 3.59. The van der Waals surface area contributed by atoms with Gasteiger partial charge in [-0.25, -0.2) is 4.79 Å². The summed E-state index contributed by atoms with van der Waals surface area (Å²) >= 11 is 0. The van der Waals surface area contributed by atoms with Gasteiger partial charge in [0.05, 0.1) is 0 Å². The Morgan fingerprint density at radius 2 is 2.18 bits per heavy atom. The fourth-order valence-corrected chi connectivity index (χ4v) is 1.36. The average molecular weight is 245 g/mol. The van der Waals surface area contributed by atoms with E-state index in [1.165, 1.54) is 38.2 Å².